The lowest BCUT2D eigenvalue weighted by Gasteiger charge is -2.34. The van der Waals surface area contributed by atoms with Crippen LogP contribution in [0.2, 0.25) is 5.02 Å². The first kappa shape index (κ1) is 21.3. The van der Waals surface area contributed by atoms with E-state index in [0.717, 1.165) is 31.4 Å². The Bertz CT molecular complexity index is 870. The molecular formula is C22H26ClN3O3S. The Labute approximate surface area is 185 Å². The second-order valence-electron chi connectivity index (χ2n) is 7.88. The Hall–Kier alpha value is -1.96. The first-order chi connectivity index (χ1) is 14.6. The second kappa shape index (κ2) is 9.90. The summed E-state index contributed by atoms with van der Waals surface area (Å²) in [5.74, 6) is -0.216. The molecule has 0 N–H and O–H groups in total. The molecule has 2 aliphatic rings. The molecule has 3 heterocycles. The quantitative estimate of drug-likeness (QED) is 0.695. The van der Waals surface area contributed by atoms with Crippen LogP contribution in [-0.2, 0) is 16.1 Å². The van der Waals surface area contributed by atoms with Crippen molar-refractivity contribution in [1.82, 2.24) is 14.8 Å². The van der Waals surface area contributed by atoms with Crippen LogP contribution in [0.4, 0.5) is 0 Å². The summed E-state index contributed by atoms with van der Waals surface area (Å²) in [5, 5.41) is 2.22. The van der Waals surface area contributed by atoms with Crippen LogP contribution in [0.25, 0.3) is 0 Å². The summed E-state index contributed by atoms with van der Waals surface area (Å²) in [7, 11) is 0. The van der Waals surface area contributed by atoms with E-state index in [1.165, 1.54) is 17.8 Å². The van der Waals surface area contributed by atoms with E-state index in [4.69, 9.17) is 16.3 Å². The average Bonchev–Trinajstić information content (AvgIpc) is 3.13. The fourth-order valence-electron chi connectivity index (χ4n) is 4.23. The van der Waals surface area contributed by atoms with Gasteiger partial charge in [-0.15, -0.1) is 11.3 Å². The lowest BCUT2D eigenvalue weighted by molar-refractivity contribution is -0.134. The molecular weight excluding hydrogens is 422 g/mol. The molecule has 160 valence electrons. The van der Waals surface area contributed by atoms with Crippen LogP contribution in [0.15, 0.2) is 35.8 Å². The number of hydrogen-bond acceptors (Lipinski definition) is 5. The number of ether oxygens (including phenoxy) is 1. The molecule has 6 nitrogen and oxygen atoms in total. The van der Waals surface area contributed by atoms with Crippen molar-refractivity contribution in [3.63, 3.8) is 0 Å². The number of hydrogen-bond donors (Lipinski definition) is 0. The minimum atomic E-state index is -0.275. The summed E-state index contributed by atoms with van der Waals surface area (Å²) < 4.78 is 6.17. The molecule has 0 aromatic carbocycles. The molecule has 2 amide bonds. The number of aromatic nitrogens is 1. The van der Waals surface area contributed by atoms with Gasteiger partial charge >= 0.3 is 0 Å². The van der Waals surface area contributed by atoms with Gasteiger partial charge in [0.25, 0.3) is 5.91 Å². The normalized spacial score (nSPS) is 21.0. The van der Waals surface area contributed by atoms with Crippen LogP contribution in [0.1, 0.15) is 47.5 Å². The van der Waals surface area contributed by atoms with E-state index < -0.39 is 0 Å². The molecule has 1 saturated heterocycles. The molecule has 30 heavy (non-hydrogen) atoms. The van der Waals surface area contributed by atoms with Crippen LogP contribution >= 0.6 is 22.9 Å². The molecule has 4 rings (SSSR count). The summed E-state index contributed by atoms with van der Waals surface area (Å²) in [4.78, 5) is 34.6. The zero-order valence-corrected chi connectivity index (χ0v) is 18.4. The van der Waals surface area contributed by atoms with Gasteiger partial charge < -0.3 is 14.5 Å². The smallest absolute Gasteiger partial charge is 0.266 e. The number of pyridine rings is 1. The Morgan fingerprint density at radius 1 is 1.20 bits per heavy atom. The first-order valence-electron chi connectivity index (χ1n) is 10.4. The van der Waals surface area contributed by atoms with E-state index in [1.54, 1.807) is 22.5 Å². The maximum atomic E-state index is 13.1. The van der Waals surface area contributed by atoms with E-state index in [9.17, 15) is 9.59 Å². The van der Waals surface area contributed by atoms with Crippen molar-refractivity contribution in [3.05, 3.63) is 51.4 Å². The topological polar surface area (TPSA) is 62.7 Å². The van der Waals surface area contributed by atoms with Crippen molar-refractivity contribution < 1.29 is 14.3 Å². The molecule has 1 saturated carbocycles. The van der Waals surface area contributed by atoms with Crippen LogP contribution in [0.3, 0.4) is 0 Å². The minimum absolute atomic E-state index is 0.00753. The SMILES string of the molecule is O=C(c1sccc1Cl)N1CC(=O)N(C2CCCCC2)C[C@@H](OCc2ccccn2)C1. The Morgan fingerprint density at radius 3 is 2.73 bits per heavy atom. The average molecular weight is 448 g/mol. The monoisotopic (exact) mass is 447 g/mol. The van der Waals surface area contributed by atoms with E-state index >= 15 is 0 Å². The third-order valence-electron chi connectivity index (χ3n) is 5.78. The molecule has 0 unspecified atom stereocenters. The molecule has 0 radical (unpaired) electrons. The van der Waals surface area contributed by atoms with Gasteiger partial charge in [-0.2, -0.15) is 0 Å². The molecule has 0 bridgehead atoms. The summed E-state index contributed by atoms with van der Waals surface area (Å²) >= 11 is 7.49. The van der Waals surface area contributed by atoms with E-state index in [2.05, 4.69) is 4.98 Å². The number of halogens is 1. The lowest BCUT2D eigenvalue weighted by atomic mass is 9.94. The third kappa shape index (κ3) is 5.02. The van der Waals surface area contributed by atoms with Crippen LogP contribution in [0, 0.1) is 0 Å². The summed E-state index contributed by atoms with van der Waals surface area (Å²) in [6.07, 6.45) is 7.00. The number of thiophene rings is 1. The predicted molar refractivity (Wildman–Crippen MR) is 117 cm³/mol. The van der Waals surface area contributed by atoms with Crippen LogP contribution in [0.5, 0.6) is 0 Å². The molecule has 2 fully saturated rings. The van der Waals surface area contributed by atoms with Gasteiger partial charge in [0.15, 0.2) is 0 Å². The van der Waals surface area contributed by atoms with Gasteiger partial charge in [0.05, 0.1) is 23.4 Å². The van der Waals surface area contributed by atoms with E-state index in [0.29, 0.717) is 29.6 Å². The highest BCUT2D eigenvalue weighted by atomic mass is 35.5. The predicted octanol–water partition coefficient (Wildman–Crippen LogP) is 4.00. The van der Waals surface area contributed by atoms with Gasteiger partial charge in [0, 0.05) is 25.3 Å². The van der Waals surface area contributed by atoms with Gasteiger partial charge in [-0.3, -0.25) is 14.6 Å². The van der Waals surface area contributed by atoms with Crippen molar-refractivity contribution >= 4 is 34.8 Å². The Balaban J connectivity index is 1.53. The maximum Gasteiger partial charge on any atom is 0.266 e. The fourth-order valence-corrected chi connectivity index (χ4v) is 5.33. The van der Waals surface area contributed by atoms with Crippen LogP contribution in [-0.4, -0.2) is 58.4 Å². The fraction of sp³-hybridized carbons (Fsp3) is 0.500. The van der Waals surface area contributed by atoms with Crippen molar-refractivity contribution in [1.29, 1.82) is 0 Å². The molecule has 0 spiro atoms. The Morgan fingerprint density at radius 2 is 2.03 bits per heavy atom. The zero-order chi connectivity index (χ0) is 20.9. The summed E-state index contributed by atoms with van der Waals surface area (Å²) in [6.45, 7) is 1.26. The lowest BCUT2D eigenvalue weighted by Crippen LogP contribution is -2.46. The van der Waals surface area contributed by atoms with Gasteiger partial charge in [-0.05, 0) is 36.4 Å². The van der Waals surface area contributed by atoms with Crippen molar-refractivity contribution in [2.24, 2.45) is 0 Å². The first-order valence-corrected chi connectivity index (χ1v) is 11.7. The van der Waals surface area contributed by atoms with E-state index in [1.807, 2.05) is 23.1 Å². The molecule has 1 aliphatic carbocycles. The zero-order valence-electron chi connectivity index (χ0n) is 16.8. The van der Waals surface area contributed by atoms with Crippen molar-refractivity contribution in [3.8, 4) is 0 Å². The van der Waals surface area contributed by atoms with Gasteiger partial charge in [-0.25, -0.2) is 0 Å². The number of rotatable bonds is 5. The largest absolute Gasteiger partial charge is 0.368 e. The number of carbonyl (C=O) groups is 2. The maximum absolute atomic E-state index is 13.1. The molecule has 1 aliphatic heterocycles. The van der Waals surface area contributed by atoms with Gasteiger partial charge in [0.2, 0.25) is 5.91 Å². The molecule has 8 heteroatoms. The molecule has 2 aromatic heterocycles. The molecule has 2 aromatic rings. The molecule has 1 atom stereocenters. The highest BCUT2D eigenvalue weighted by molar-refractivity contribution is 7.12. The Kier molecular flexibility index (Phi) is 7.02. The number of carbonyl (C=O) groups excluding carboxylic acids is 2. The van der Waals surface area contributed by atoms with Gasteiger partial charge in [-0.1, -0.05) is 36.9 Å². The van der Waals surface area contributed by atoms with E-state index in [-0.39, 0.29) is 30.5 Å². The standard InChI is InChI=1S/C22H26ClN3O3S/c23-19-9-11-30-21(19)22(28)25-12-18(29-15-16-6-4-5-10-24-16)13-26(20(27)14-25)17-7-2-1-3-8-17/h4-6,9-11,17-18H,1-3,7-8,12-15H2/t18-/m0/s1. The number of amides is 2. The van der Waals surface area contributed by atoms with Crippen LogP contribution < -0.4 is 0 Å². The highest BCUT2D eigenvalue weighted by Gasteiger charge is 2.35. The van der Waals surface area contributed by atoms with Gasteiger partial charge in [0.1, 0.15) is 11.4 Å². The van der Waals surface area contributed by atoms with Crippen molar-refractivity contribution in [2.45, 2.75) is 50.9 Å². The summed E-state index contributed by atoms with van der Waals surface area (Å²) in [6, 6.07) is 7.64. The highest BCUT2D eigenvalue weighted by Crippen LogP contribution is 2.27. The summed E-state index contributed by atoms with van der Waals surface area (Å²) in [5.41, 5.74) is 0.830. The van der Waals surface area contributed by atoms with Crippen molar-refractivity contribution in [2.75, 3.05) is 19.6 Å². The minimum Gasteiger partial charge on any atom is -0.368 e. The third-order valence-corrected chi connectivity index (χ3v) is 7.11. The number of nitrogens with zero attached hydrogens (tertiary/aromatic N) is 3. The second-order valence-corrected chi connectivity index (χ2v) is 9.20.